The van der Waals surface area contributed by atoms with E-state index in [4.69, 9.17) is 10.8 Å². The number of rotatable bonds is 20. The molecule has 51 heavy (non-hydrogen) atoms. The molecule has 282 valence electrons. The third-order valence-electron chi connectivity index (χ3n) is 8.64. The Morgan fingerprint density at radius 1 is 0.824 bits per heavy atom. The summed E-state index contributed by atoms with van der Waals surface area (Å²) in [6.07, 6.45) is -0.628. The second-order valence-corrected chi connectivity index (χ2v) is 12.6. The molecule has 10 N–H and O–H groups in total. The molecule has 18 heteroatoms. The second kappa shape index (κ2) is 19.8. The van der Waals surface area contributed by atoms with E-state index in [2.05, 4.69) is 21.3 Å². The molecule has 1 aromatic carbocycles. The van der Waals surface area contributed by atoms with Gasteiger partial charge in [0.15, 0.2) is 0 Å². The highest BCUT2D eigenvalue weighted by atomic mass is 16.4. The van der Waals surface area contributed by atoms with E-state index in [0.717, 1.165) is 0 Å². The van der Waals surface area contributed by atoms with Gasteiger partial charge in [0.1, 0.15) is 36.0 Å². The Bertz CT molecular complexity index is 1440. The standard InChI is InChI=1S/C33H48N6O12/c1-4-17(2)27(33(50)51)38-30(47)23(16-19-7-9-20(40)10-8-19)37-29(46)22(12-14-26(43)44)36-31(48)24-6-5-15-39(24)32(49)18(3)35-28(45)21(34)11-13-25(41)42/h7-10,17-18,21-24,27,40H,4-6,11-16,34H2,1-3H3,(H,35,45)(H,36,48)(H,37,46)(H,38,47)(H,41,42)(H,43,44)(H,50,51)/t17-,18+,21-,22-,23+,24-,27-/m0/s1. The van der Waals surface area contributed by atoms with E-state index in [-0.39, 0.29) is 38.0 Å². The number of hydrogen-bond acceptors (Lipinski definition) is 10. The molecule has 1 aliphatic heterocycles. The van der Waals surface area contributed by atoms with Crippen LogP contribution in [0.5, 0.6) is 5.75 Å². The molecule has 0 unspecified atom stereocenters. The summed E-state index contributed by atoms with van der Waals surface area (Å²) in [5.41, 5.74) is 6.21. The van der Waals surface area contributed by atoms with Crippen molar-refractivity contribution in [2.24, 2.45) is 11.7 Å². The number of phenolic OH excluding ortho intramolecular Hbond substituents is 1. The van der Waals surface area contributed by atoms with Crippen molar-refractivity contribution < 1.29 is 58.8 Å². The molecule has 5 amide bonds. The van der Waals surface area contributed by atoms with Crippen LogP contribution in [-0.2, 0) is 44.8 Å². The first-order valence-corrected chi connectivity index (χ1v) is 16.7. The van der Waals surface area contributed by atoms with Gasteiger partial charge in [-0.1, -0.05) is 32.4 Å². The van der Waals surface area contributed by atoms with E-state index in [1.165, 1.54) is 36.1 Å². The molecule has 0 aliphatic carbocycles. The number of aromatic hydroxyl groups is 1. The number of carbonyl (C=O) groups is 8. The summed E-state index contributed by atoms with van der Waals surface area (Å²) < 4.78 is 0. The predicted molar refractivity (Wildman–Crippen MR) is 179 cm³/mol. The first kappa shape index (κ1) is 41.9. The van der Waals surface area contributed by atoms with E-state index in [1.807, 2.05) is 0 Å². The van der Waals surface area contributed by atoms with E-state index >= 15 is 0 Å². The van der Waals surface area contributed by atoms with Crippen molar-refractivity contribution >= 4 is 47.4 Å². The molecule has 0 aromatic heterocycles. The zero-order chi connectivity index (χ0) is 38.4. The van der Waals surface area contributed by atoms with Crippen LogP contribution in [0.3, 0.4) is 0 Å². The lowest BCUT2D eigenvalue weighted by atomic mass is 9.98. The number of nitrogens with two attached hydrogens (primary N) is 1. The monoisotopic (exact) mass is 720 g/mol. The third-order valence-corrected chi connectivity index (χ3v) is 8.64. The van der Waals surface area contributed by atoms with Gasteiger partial charge in [-0.2, -0.15) is 0 Å². The Labute approximate surface area is 294 Å². The second-order valence-electron chi connectivity index (χ2n) is 12.6. The van der Waals surface area contributed by atoms with Crippen LogP contribution in [0.1, 0.15) is 71.3 Å². The van der Waals surface area contributed by atoms with Crippen LogP contribution in [-0.4, -0.2) is 116 Å². The Balaban J connectivity index is 2.26. The number of amides is 5. The molecule has 2 rings (SSSR count). The Morgan fingerprint density at radius 3 is 1.98 bits per heavy atom. The molecular weight excluding hydrogens is 672 g/mol. The Morgan fingerprint density at radius 2 is 1.41 bits per heavy atom. The van der Waals surface area contributed by atoms with Gasteiger partial charge in [0.05, 0.1) is 6.04 Å². The highest BCUT2D eigenvalue weighted by molar-refractivity contribution is 5.96. The Kier molecular flexibility index (Phi) is 16.3. The summed E-state index contributed by atoms with van der Waals surface area (Å²) in [6.45, 7) is 4.88. The van der Waals surface area contributed by atoms with Crippen LogP contribution in [0.25, 0.3) is 0 Å². The molecule has 1 aliphatic rings. The van der Waals surface area contributed by atoms with Crippen molar-refractivity contribution in [1.29, 1.82) is 0 Å². The van der Waals surface area contributed by atoms with E-state index in [9.17, 15) is 53.7 Å². The van der Waals surface area contributed by atoms with Crippen LogP contribution in [0.4, 0.5) is 0 Å². The van der Waals surface area contributed by atoms with Gasteiger partial charge in [-0.3, -0.25) is 33.6 Å². The van der Waals surface area contributed by atoms with E-state index < -0.39 is 102 Å². The lowest BCUT2D eigenvalue weighted by Gasteiger charge is -2.29. The minimum atomic E-state index is -1.49. The molecule has 0 spiro atoms. The van der Waals surface area contributed by atoms with Crippen molar-refractivity contribution in [3.63, 3.8) is 0 Å². The van der Waals surface area contributed by atoms with Gasteiger partial charge in [0, 0.05) is 25.8 Å². The van der Waals surface area contributed by atoms with Crippen LogP contribution in [0.2, 0.25) is 0 Å². The molecule has 0 radical (unpaired) electrons. The lowest BCUT2D eigenvalue weighted by Crippen LogP contribution is -2.59. The first-order chi connectivity index (χ1) is 23.9. The largest absolute Gasteiger partial charge is 0.508 e. The van der Waals surface area contributed by atoms with Crippen LogP contribution in [0.15, 0.2) is 24.3 Å². The van der Waals surface area contributed by atoms with Gasteiger partial charge >= 0.3 is 17.9 Å². The summed E-state index contributed by atoms with van der Waals surface area (Å²) >= 11 is 0. The molecular formula is C33H48N6O12. The number of carboxylic acids is 3. The quantitative estimate of drug-likeness (QED) is 0.0788. The predicted octanol–water partition coefficient (Wildman–Crippen LogP) is -0.928. The smallest absolute Gasteiger partial charge is 0.326 e. The number of hydrogen-bond donors (Lipinski definition) is 9. The molecule has 1 saturated heterocycles. The molecule has 1 aromatic rings. The fourth-order valence-corrected chi connectivity index (χ4v) is 5.43. The number of nitrogens with one attached hydrogen (secondary N) is 4. The maximum absolute atomic E-state index is 13.6. The third kappa shape index (κ3) is 13.2. The van der Waals surface area contributed by atoms with Crippen LogP contribution in [0, 0.1) is 5.92 Å². The minimum absolute atomic E-state index is 0.0570. The zero-order valence-corrected chi connectivity index (χ0v) is 28.8. The summed E-state index contributed by atoms with van der Waals surface area (Å²) in [5, 5.41) is 47.4. The molecule has 0 saturated carbocycles. The first-order valence-electron chi connectivity index (χ1n) is 16.7. The molecule has 1 fully saturated rings. The normalized spacial score (nSPS) is 17.5. The fraction of sp³-hybridized carbons (Fsp3) is 0.576. The van der Waals surface area contributed by atoms with Gasteiger partial charge in [-0.05, 0) is 56.2 Å². The average molecular weight is 721 g/mol. The molecule has 1 heterocycles. The van der Waals surface area contributed by atoms with Crippen LogP contribution < -0.4 is 27.0 Å². The fourth-order valence-electron chi connectivity index (χ4n) is 5.43. The van der Waals surface area contributed by atoms with Crippen LogP contribution >= 0.6 is 0 Å². The zero-order valence-electron chi connectivity index (χ0n) is 28.8. The number of phenols is 1. The van der Waals surface area contributed by atoms with E-state index in [1.54, 1.807) is 13.8 Å². The molecule has 0 bridgehead atoms. The van der Waals surface area contributed by atoms with Crippen molar-refractivity contribution in [3.05, 3.63) is 29.8 Å². The van der Waals surface area contributed by atoms with Gasteiger partial charge in [0.25, 0.3) is 0 Å². The highest BCUT2D eigenvalue weighted by Gasteiger charge is 2.39. The SMILES string of the molecule is CC[C@H](C)[C@H](NC(=O)[C@@H](Cc1ccc(O)cc1)NC(=O)[C@H](CCC(=O)O)NC(=O)[C@@H]1CCCN1C(=O)[C@@H](C)NC(=O)[C@@H](N)CCC(=O)O)C(=O)O. The lowest BCUT2D eigenvalue weighted by molar-refractivity contribution is -0.144. The molecule has 7 atom stereocenters. The number of benzene rings is 1. The maximum atomic E-state index is 13.6. The van der Waals surface area contributed by atoms with Gasteiger partial charge < -0.3 is 52.3 Å². The number of aliphatic carboxylic acids is 3. The van der Waals surface area contributed by atoms with E-state index in [0.29, 0.717) is 18.4 Å². The average Bonchev–Trinajstić information content (AvgIpc) is 3.57. The van der Waals surface area contributed by atoms with Gasteiger partial charge in [0.2, 0.25) is 29.5 Å². The number of likely N-dealkylation sites (tertiary alicyclic amines) is 1. The summed E-state index contributed by atoms with van der Waals surface area (Å²) in [6, 6.07) is -1.88. The summed E-state index contributed by atoms with van der Waals surface area (Å²) in [7, 11) is 0. The van der Waals surface area contributed by atoms with Crippen molar-refractivity contribution in [2.75, 3.05) is 6.54 Å². The summed E-state index contributed by atoms with van der Waals surface area (Å²) in [4.78, 5) is 102. The van der Waals surface area contributed by atoms with Gasteiger partial charge in [-0.15, -0.1) is 0 Å². The Hall–Kier alpha value is -5.26. The molecule has 18 nitrogen and oxygen atoms in total. The van der Waals surface area contributed by atoms with Crippen molar-refractivity contribution in [1.82, 2.24) is 26.2 Å². The van der Waals surface area contributed by atoms with Crippen molar-refractivity contribution in [2.45, 2.75) is 108 Å². The number of nitrogens with zero attached hydrogens (tertiary/aromatic N) is 1. The van der Waals surface area contributed by atoms with Crippen molar-refractivity contribution in [3.8, 4) is 5.75 Å². The highest BCUT2D eigenvalue weighted by Crippen LogP contribution is 2.20. The number of carboxylic acid groups (broad SMARTS) is 3. The topological polar surface area (TPSA) is 295 Å². The maximum Gasteiger partial charge on any atom is 0.326 e. The minimum Gasteiger partial charge on any atom is -0.508 e. The van der Waals surface area contributed by atoms with Gasteiger partial charge in [-0.25, -0.2) is 4.79 Å². The number of carbonyl (C=O) groups excluding carboxylic acids is 5. The summed E-state index contributed by atoms with van der Waals surface area (Å²) in [5.74, 6) is -8.21.